The molecule has 2 rings (SSSR count). The van der Waals surface area contributed by atoms with Gasteiger partial charge < -0.3 is 10.6 Å². The molecule has 2 fully saturated rings. The second-order valence-electron chi connectivity index (χ2n) is 6.59. The van der Waals surface area contributed by atoms with E-state index >= 15 is 0 Å². The van der Waals surface area contributed by atoms with Crippen molar-refractivity contribution in [3.63, 3.8) is 0 Å². The summed E-state index contributed by atoms with van der Waals surface area (Å²) in [6.45, 7) is 7.87. The van der Waals surface area contributed by atoms with Crippen LogP contribution in [0.2, 0.25) is 0 Å². The van der Waals surface area contributed by atoms with Crippen LogP contribution in [0.4, 0.5) is 0 Å². The van der Waals surface area contributed by atoms with Crippen molar-refractivity contribution in [3.05, 3.63) is 0 Å². The minimum atomic E-state index is 0.0649. The molecule has 3 heteroatoms. The molecule has 3 nitrogen and oxygen atoms in total. The highest BCUT2D eigenvalue weighted by Gasteiger charge is 2.33. The van der Waals surface area contributed by atoms with Crippen LogP contribution >= 0.6 is 0 Å². The standard InChI is InChI=1S/C15H28N2O/c1-10(2)12-7-6-11(3)9-14(12)17-15(18)13-5-4-8-16-13/h10-14,16H,4-9H2,1-3H3,(H,17,18)/t11?,12?,13-,14?/m1/s1. The van der Waals surface area contributed by atoms with Crippen molar-refractivity contribution < 1.29 is 4.79 Å². The van der Waals surface area contributed by atoms with Crippen LogP contribution in [-0.4, -0.2) is 24.5 Å². The maximum absolute atomic E-state index is 12.2. The lowest BCUT2D eigenvalue weighted by atomic mass is 9.74. The number of rotatable bonds is 3. The summed E-state index contributed by atoms with van der Waals surface area (Å²) in [4.78, 5) is 12.2. The highest BCUT2D eigenvalue weighted by atomic mass is 16.2. The molecular formula is C15H28N2O. The Morgan fingerprint density at radius 3 is 2.67 bits per heavy atom. The highest BCUT2D eigenvalue weighted by Crippen LogP contribution is 2.33. The van der Waals surface area contributed by atoms with E-state index in [-0.39, 0.29) is 11.9 Å². The monoisotopic (exact) mass is 252 g/mol. The molecule has 2 N–H and O–H groups in total. The molecule has 2 aliphatic rings. The molecule has 0 radical (unpaired) electrons. The van der Waals surface area contributed by atoms with E-state index in [0.717, 1.165) is 31.7 Å². The molecule has 4 atom stereocenters. The van der Waals surface area contributed by atoms with Gasteiger partial charge in [0.25, 0.3) is 0 Å². The van der Waals surface area contributed by atoms with Gasteiger partial charge in [0.15, 0.2) is 0 Å². The Bertz CT molecular complexity index is 284. The van der Waals surface area contributed by atoms with Gasteiger partial charge in [-0.25, -0.2) is 0 Å². The zero-order valence-electron chi connectivity index (χ0n) is 12.0. The van der Waals surface area contributed by atoms with E-state index < -0.39 is 0 Å². The molecule has 3 unspecified atom stereocenters. The van der Waals surface area contributed by atoms with Crippen LogP contribution in [0.1, 0.15) is 52.9 Å². The van der Waals surface area contributed by atoms with Crippen LogP contribution in [-0.2, 0) is 4.79 Å². The SMILES string of the molecule is CC1CCC(C(C)C)C(NC(=O)[C@H]2CCCN2)C1. The first-order valence-electron chi connectivity index (χ1n) is 7.61. The summed E-state index contributed by atoms with van der Waals surface area (Å²) in [5.41, 5.74) is 0. The number of amides is 1. The second-order valence-corrected chi connectivity index (χ2v) is 6.59. The van der Waals surface area contributed by atoms with E-state index in [1.165, 1.54) is 12.8 Å². The van der Waals surface area contributed by atoms with Crippen molar-refractivity contribution in [1.82, 2.24) is 10.6 Å². The summed E-state index contributed by atoms with van der Waals surface area (Å²) < 4.78 is 0. The lowest BCUT2D eigenvalue weighted by Crippen LogP contribution is -2.50. The van der Waals surface area contributed by atoms with E-state index in [4.69, 9.17) is 0 Å². The lowest BCUT2D eigenvalue weighted by molar-refractivity contribution is -0.124. The zero-order valence-corrected chi connectivity index (χ0v) is 12.0. The molecule has 104 valence electrons. The van der Waals surface area contributed by atoms with Gasteiger partial charge in [0, 0.05) is 6.04 Å². The molecule has 1 heterocycles. The molecule has 0 bridgehead atoms. The second kappa shape index (κ2) is 6.05. The minimum Gasteiger partial charge on any atom is -0.352 e. The number of carbonyl (C=O) groups is 1. The van der Waals surface area contributed by atoms with E-state index in [9.17, 15) is 4.79 Å². The molecule has 0 aromatic carbocycles. The Balaban J connectivity index is 1.93. The summed E-state index contributed by atoms with van der Waals surface area (Å²) in [5.74, 6) is 2.31. The average molecular weight is 252 g/mol. The van der Waals surface area contributed by atoms with E-state index in [2.05, 4.69) is 31.4 Å². The topological polar surface area (TPSA) is 41.1 Å². The summed E-state index contributed by atoms with van der Waals surface area (Å²) in [5, 5.41) is 6.61. The quantitative estimate of drug-likeness (QED) is 0.809. The molecule has 1 aliphatic carbocycles. The molecule has 0 aromatic rings. The Kier molecular flexibility index (Phi) is 4.66. The minimum absolute atomic E-state index is 0.0649. The molecule has 1 saturated heterocycles. The van der Waals surface area contributed by atoms with Gasteiger partial charge in [-0.05, 0) is 50.0 Å². The number of hydrogen-bond acceptors (Lipinski definition) is 2. The van der Waals surface area contributed by atoms with Crippen molar-refractivity contribution >= 4 is 5.91 Å². The van der Waals surface area contributed by atoms with E-state index in [1.54, 1.807) is 0 Å². The van der Waals surface area contributed by atoms with Gasteiger partial charge >= 0.3 is 0 Å². The van der Waals surface area contributed by atoms with Crippen molar-refractivity contribution in [2.24, 2.45) is 17.8 Å². The van der Waals surface area contributed by atoms with Crippen molar-refractivity contribution in [1.29, 1.82) is 0 Å². The van der Waals surface area contributed by atoms with Crippen molar-refractivity contribution in [2.45, 2.75) is 65.0 Å². The summed E-state index contributed by atoms with van der Waals surface area (Å²) >= 11 is 0. The number of carbonyl (C=O) groups excluding carboxylic acids is 1. The van der Waals surface area contributed by atoms with Gasteiger partial charge in [0.1, 0.15) is 0 Å². The first kappa shape index (κ1) is 13.9. The Labute approximate surface area is 111 Å². The Morgan fingerprint density at radius 1 is 1.28 bits per heavy atom. The molecule has 1 aliphatic heterocycles. The van der Waals surface area contributed by atoms with Gasteiger partial charge in [-0.2, -0.15) is 0 Å². The zero-order chi connectivity index (χ0) is 13.1. The third kappa shape index (κ3) is 3.25. The van der Waals surface area contributed by atoms with Gasteiger partial charge in [0.2, 0.25) is 5.91 Å². The third-order valence-corrected chi connectivity index (χ3v) is 4.73. The summed E-state index contributed by atoms with van der Waals surface area (Å²) in [7, 11) is 0. The fraction of sp³-hybridized carbons (Fsp3) is 0.933. The molecule has 18 heavy (non-hydrogen) atoms. The van der Waals surface area contributed by atoms with Crippen molar-refractivity contribution in [2.75, 3.05) is 6.54 Å². The van der Waals surface area contributed by atoms with Crippen molar-refractivity contribution in [3.8, 4) is 0 Å². The number of nitrogens with one attached hydrogen (secondary N) is 2. The van der Waals surface area contributed by atoms with Gasteiger partial charge in [0.05, 0.1) is 6.04 Å². The largest absolute Gasteiger partial charge is 0.352 e. The molecule has 1 amide bonds. The first-order chi connectivity index (χ1) is 8.58. The molecular weight excluding hydrogens is 224 g/mol. The van der Waals surface area contributed by atoms with Gasteiger partial charge in [-0.15, -0.1) is 0 Å². The Morgan fingerprint density at radius 2 is 2.06 bits per heavy atom. The van der Waals surface area contributed by atoms with Gasteiger partial charge in [-0.3, -0.25) is 4.79 Å². The van der Waals surface area contributed by atoms with Crippen LogP contribution < -0.4 is 10.6 Å². The molecule has 0 spiro atoms. The van der Waals surface area contributed by atoms with Crippen LogP contribution in [0.5, 0.6) is 0 Å². The predicted molar refractivity (Wildman–Crippen MR) is 74.3 cm³/mol. The Hall–Kier alpha value is -0.570. The fourth-order valence-corrected chi connectivity index (χ4v) is 3.56. The van der Waals surface area contributed by atoms with Crippen LogP contribution in [0, 0.1) is 17.8 Å². The normalized spacial score (nSPS) is 36.9. The maximum atomic E-state index is 12.2. The fourth-order valence-electron chi connectivity index (χ4n) is 3.56. The first-order valence-corrected chi connectivity index (χ1v) is 7.61. The summed E-state index contributed by atoms with van der Waals surface area (Å²) in [6, 6.07) is 0.457. The smallest absolute Gasteiger partial charge is 0.237 e. The van der Waals surface area contributed by atoms with E-state index in [0.29, 0.717) is 17.9 Å². The van der Waals surface area contributed by atoms with Crippen LogP contribution in [0.25, 0.3) is 0 Å². The highest BCUT2D eigenvalue weighted by molar-refractivity contribution is 5.82. The van der Waals surface area contributed by atoms with Gasteiger partial charge in [-0.1, -0.05) is 27.2 Å². The molecule has 0 aromatic heterocycles. The van der Waals surface area contributed by atoms with E-state index in [1.807, 2.05) is 0 Å². The third-order valence-electron chi connectivity index (χ3n) is 4.73. The molecule has 1 saturated carbocycles. The summed E-state index contributed by atoms with van der Waals surface area (Å²) in [6.07, 6.45) is 5.87. The lowest BCUT2D eigenvalue weighted by Gasteiger charge is -2.38. The van der Waals surface area contributed by atoms with Crippen LogP contribution in [0.15, 0.2) is 0 Å². The number of hydrogen-bond donors (Lipinski definition) is 2. The predicted octanol–water partition coefficient (Wildman–Crippen LogP) is 2.32. The van der Waals surface area contributed by atoms with Crippen LogP contribution in [0.3, 0.4) is 0 Å². The maximum Gasteiger partial charge on any atom is 0.237 e. The average Bonchev–Trinajstić information content (AvgIpc) is 2.81.